The molecular weight excluding hydrogens is 300 g/mol. The summed E-state index contributed by atoms with van der Waals surface area (Å²) in [6.45, 7) is 2.56. The molecule has 0 radical (unpaired) electrons. The quantitative estimate of drug-likeness (QED) is 0.784. The Kier molecular flexibility index (Phi) is 6.36. The lowest BCUT2D eigenvalue weighted by atomic mass is 10.1. The Bertz CT molecular complexity index is 587. The van der Waals surface area contributed by atoms with Gasteiger partial charge >= 0.3 is 0 Å². The maximum atomic E-state index is 12.2. The first-order valence-corrected chi connectivity index (χ1v) is 8.20. The van der Waals surface area contributed by atoms with E-state index >= 15 is 0 Å². The molecule has 0 aliphatic rings. The molecule has 2 aromatic rings. The second-order valence-corrected chi connectivity index (χ2v) is 5.64. The van der Waals surface area contributed by atoms with Gasteiger partial charge in [-0.1, -0.05) is 25.5 Å². The van der Waals surface area contributed by atoms with Gasteiger partial charge in [-0.15, -0.1) is 11.3 Å². The van der Waals surface area contributed by atoms with Crippen LogP contribution in [0, 0.1) is 0 Å². The Morgan fingerprint density at radius 3 is 3.00 bits per heavy atom. The fourth-order valence-corrected chi connectivity index (χ4v) is 2.52. The molecule has 0 aliphatic carbocycles. The Morgan fingerprint density at radius 1 is 1.45 bits per heavy atom. The van der Waals surface area contributed by atoms with E-state index in [1.54, 1.807) is 23.7 Å². The summed E-state index contributed by atoms with van der Waals surface area (Å²) >= 11 is 1.50. The second kappa shape index (κ2) is 8.51. The normalized spacial score (nSPS) is 11.9. The third kappa shape index (κ3) is 4.82. The molecular formula is C16H20N2O3S. The molecule has 0 saturated carbocycles. The van der Waals surface area contributed by atoms with Gasteiger partial charge in [0, 0.05) is 11.9 Å². The van der Waals surface area contributed by atoms with E-state index in [4.69, 9.17) is 4.74 Å². The number of hydrogen-bond acceptors (Lipinski definition) is 5. The van der Waals surface area contributed by atoms with E-state index in [0.717, 1.165) is 12.1 Å². The van der Waals surface area contributed by atoms with Crippen molar-refractivity contribution in [1.82, 2.24) is 10.3 Å². The van der Waals surface area contributed by atoms with E-state index in [1.165, 1.54) is 11.3 Å². The smallest absolute Gasteiger partial charge is 0.255 e. The Hall–Kier alpha value is -1.92. The van der Waals surface area contributed by atoms with Crippen molar-refractivity contribution in [3.05, 3.63) is 46.4 Å². The van der Waals surface area contributed by atoms with Crippen molar-refractivity contribution in [2.75, 3.05) is 6.54 Å². The summed E-state index contributed by atoms with van der Waals surface area (Å²) in [5, 5.41) is 14.3. The standard InChI is InChI=1S/C16H20N2O3S/c1-2-5-13(19)8-17-16(20)14-6-3-4-7-15(14)21-9-12-10-22-11-18-12/h3-4,6-7,10-11,13,19H,2,5,8-9H2,1H3,(H,17,20). The Morgan fingerprint density at radius 2 is 2.27 bits per heavy atom. The molecule has 5 nitrogen and oxygen atoms in total. The number of ether oxygens (including phenoxy) is 1. The molecule has 0 aliphatic heterocycles. The van der Waals surface area contributed by atoms with Gasteiger partial charge in [-0.25, -0.2) is 4.98 Å². The minimum absolute atomic E-state index is 0.243. The monoisotopic (exact) mass is 320 g/mol. The average Bonchev–Trinajstić information content (AvgIpc) is 3.04. The number of para-hydroxylation sites is 1. The van der Waals surface area contributed by atoms with Gasteiger partial charge in [0.05, 0.1) is 22.9 Å². The predicted molar refractivity (Wildman–Crippen MR) is 86.1 cm³/mol. The van der Waals surface area contributed by atoms with Crippen LogP contribution in [-0.2, 0) is 6.61 Å². The number of aliphatic hydroxyl groups is 1. The first-order valence-electron chi connectivity index (χ1n) is 7.26. The molecule has 2 rings (SSSR count). The molecule has 1 heterocycles. The molecule has 0 saturated heterocycles. The Balaban J connectivity index is 1.96. The molecule has 1 amide bonds. The highest BCUT2D eigenvalue weighted by molar-refractivity contribution is 7.07. The topological polar surface area (TPSA) is 71.5 Å². The van der Waals surface area contributed by atoms with E-state index in [0.29, 0.717) is 24.3 Å². The lowest BCUT2D eigenvalue weighted by Gasteiger charge is -2.13. The summed E-state index contributed by atoms with van der Waals surface area (Å²) < 4.78 is 5.68. The van der Waals surface area contributed by atoms with Gasteiger partial charge in [0.2, 0.25) is 0 Å². The predicted octanol–water partition coefficient (Wildman–Crippen LogP) is 2.61. The van der Waals surface area contributed by atoms with Crippen LogP contribution in [0.3, 0.4) is 0 Å². The van der Waals surface area contributed by atoms with Crippen LogP contribution in [-0.4, -0.2) is 28.6 Å². The second-order valence-electron chi connectivity index (χ2n) is 4.92. The highest BCUT2D eigenvalue weighted by Gasteiger charge is 2.13. The summed E-state index contributed by atoms with van der Waals surface area (Å²) in [6.07, 6.45) is 1.03. The fourth-order valence-electron chi connectivity index (χ4n) is 1.98. The summed E-state index contributed by atoms with van der Waals surface area (Å²) in [5.74, 6) is 0.266. The average molecular weight is 320 g/mol. The van der Waals surface area contributed by atoms with Crippen LogP contribution in [0.1, 0.15) is 35.8 Å². The molecule has 0 fully saturated rings. The number of aromatic nitrogens is 1. The Labute approximate surface area is 134 Å². The molecule has 1 unspecified atom stereocenters. The largest absolute Gasteiger partial charge is 0.486 e. The number of carbonyl (C=O) groups is 1. The fraction of sp³-hybridized carbons (Fsp3) is 0.375. The maximum Gasteiger partial charge on any atom is 0.255 e. The number of thiazole rings is 1. The van der Waals surface area contributed by atoms with Gasteiger partial charge in [-0.3, -0.25) is 4.79 Å². The molecule has 6 heteroatoms. The number of benzene rings is 1. The van der Waals surface area contributed by atoms with Gasteiger partial charge in [-0.2, -0.15) is 0 Å². The van der Waals surface area contributed by atoms with Crippen molar-refractivity contribution >= 4 is 17.2 Å². The SMILES string of the molecule is CCCC(O)CNC(=O)c1ccccc1OCc1cscn1. The zero-order chi connectivity index (χ0) is 15.8. The number of nitrogens with one attached hydrogen (secondary N) is 1. The molecule has 1 aromatic heterocycles. The lowest BCUT2D eigenvalue weighted by Crippen LogP contribution is -2.32. The van der Waals surface area contributed by atoms with E-state index in [9.17, 15) is 9.90 Å². The van der Waals surface area contributed by atoms with Crippen molar-refractivity contribution in [3.63, 3.8) is 0 Å². The van der Waals surface area contributed by atoms with Gasteiger partial charge in [0.1, 0.15) is 12.4 Å². The van der Waals surface area contributed by atoms with Gasteiger partial charge in [-0.05, 0) is 18.6 Å². The van der Waals surface area contributed by atoms with Crippen LogP contribution in [0.25, 0.3) is 0 Å². The van der Waals surface area contributed by atoms with Crippen molar-refractivity contribution in [2.45, 2.75) is 32.5 Å². The zero-order valence-electron chi connectivity index (χ0n) is 12.5. The van der Waals surface area contributed by atoms with Crippen LogP contribution >= 0.6 is 11.3 Å². The molecule has 0 bridgehead atoms. The molecule has 2 N–H and O–H groups in total. The van der Waals surface area contributed by atoms with Crippen molar-refractivity contribution in [1.29, 1.82) is 0 Å². The number of aliphatic hydroxyl groups excluding tert-OH is 1. The number of carbonyl (C=O) groups excluding carboxylic acids is 1. The first kappa shape index (κ1) is 16.5. The van der Waals surface area contributed by atoms with Crippen molar-refractivity contribution < 1.29 is 14.6 Å². The van der Waals surface area contributed by atoms with Crippen LogP contribution in [0.4, 0.5) is 0 Å². The lowest BCUT2D eigenvalue weighted by molar-refractivity contribution is 0.0905. The number of amides is 1. The van der Waals surface area contributed by atoms with E-state index in [-0.39, 0.29) is 12.5 Å². The van der Waals surface area contributed by atoms with E-state index in [1.807, 2.05) is 18.4 Å². The number of nitrogens with zero attached hydrogens (tertiary/aromatic N) is 1. The minimum atomic E-state index is -0.517. The third-order valence-electron chi connectivity index (χ3n) is 3.11. The van der Waals surface area contributed by atoms with E-state index < -0.39 is 6.10 Å². The van der Waals surface area contributed by atoms with Gasteiger partial charge in [0.25, 0.3) is 5.91 Å². The third-order valence-corrected chi connectivity index (χ3v) is 3.75. The van der Waals surface area contributed by atoms with Crippen molar-refractivity contribution in [2.24, 2.45) is 0 Å². The highest BCUT2D eigenvalue weighted by atomic mass is 32.1. The zero-order valence-corrected chi connectivity index (χ0v) is 13.3. The van der Waals surface area contributed by atoms with E-state index in [2.05, 4.69) is 10.3 Å². The summed E-state index contributed by atoms with van der Waals surface area (Å²) in [5.41, 5.74) is 3.03. The van der Waals surface area contributed by atoms with Gasteiger partial charge < -0.3 is 15.2 Å². The molecule has 1 aromatic carbocycles. The first-order chi connectivity index (χ1) is 10.7. The molecule has 118 valence electrons. The summed E-state index contributed by atoms with van der Waals surface area (Å²) in [6, 6.07) is 7.06. The van der Waals surface area contributed by atoms with Crippen molar-refractivity contribution in [3.8, 4) is 5.75 Å². The molecule has 1 atom stereocenters. The number of rotatable bonds is 8. The summed E-state index contributed by atoms with van der Waals surface area (Å²) in [7, 11) is 0. The maximum absolute atomic E-state index is 12.2. The highest BCUT2D eigenvalue weighted by Crippen LogP contribution is 2.19. The van der Waals surface area contributed by atoms with Crippen LogP contribution in [0.2, 0.25) is 0 Å². The van der Waals surface area contributed by atoms with Gasteiger partial charge in [0.15, 0.2) is 0 Å². The number of hydrogen-bond donors (Lipinski definition) is 2. The van der Waals surface area contributed by atoms with Crippen LogP contribution in [0.5, 0.6) is 5.75 Å². The molecule has 22 heavy (non-hydrogen) atoms. The van der Waals surface area contributed by atoms with Crippen LogP contribution < -0.4 is 10.1 Å². The minimum Gasteiger partial charge on any atom is -0.486 e. The summed E-state index contributed by atoms with van der Waals surface area (Å²) in [4.78, 5) is 16.4. The molecule has 0 spiro atoms. The van der Waals surface area contributed by atoms with Crippen LogP contribution in [0.15, 0.2) is 35.2 Å².